The van der Waals surface area contributed by atoms with Crippen molar-refractivity contribution in [1.29, 1.82) is 0 Å². The largest absolute Gasteiger partial charge is 0.387 e. The molecule has 0 amide bonds. The molecule has 0 radical (unpaired) electrons. The van der Waals surface area contributed by atoms with Gasteiger partial charge in [-0.2, -0.15) is 0 Å². The number of ether oxygens (including phenoxy) is 2. The van der Waals surface area contributed by atoms with Crippen LogP contribution < -0.4 is 11.5 Å². The molecule has 19 heteroatoms. The van der Waals surface area contributed by atoms with Gasteiger partial charge in [-0.1, -0.05) is 31.5 Å². The van der Waals surface area contributed by atoms with E-state index in [-0.39, 0.29) is 39.8 Å². The van der Waals surface area contributed by atoms with E-state index in [0.717, 1.165) is 6.33 Å². The minimum Gasteiger partial charge on any atom is -0.387 e. The highest BCUT2D eigenvalue weighted by molar-refractivity contribution is 6.83. The fraction of sp³-hybridized carbons (Fsp3) is 0.481. The third-order valence-electron chi connectivity index (χ3n) is 7.52. The molecule has 0 saturated carbocycles. The number of aliphatic hydroxyl groups is 6. The zero-order valence-electron chi connectivity index (χ0n) is 24.7. The lowest BCUT2D eigenvalue weighted by Gasteiger charge is -2.19. The van der Waals surface area contributed by atoms with Crippen molar-refractivity contribution in [3.8, 4) is 23.3 Å². The summed E-state index contributed by atoms with van der Waals surface area (Å²) in [5.41, 5.74) is 15.6. The molecule has 0 spiro atoms. The number of nitrogen functional groups attached to an aromatic ring is 2. The molecule has 46 heavy (non-hydrogen) atoms. The molecule has 2 aliphatic rings. The topological polar surface area (TPSA) is 279 Å². The Morgan fingerprint density at radius 2 is 1.33 bits per heavy atom. The van der Waals surface area contributed by atoms with Gasteiger partial charge in [-0.25, -0.2) is 29.9 Å². The van der Waals surface area contributed by atoms with Gasteiger partial charge in [0.2, 0.25) is 0 Å². The third kappa shape index (κ3) is 5.53. The first-order valence-electron chi connectivity index (χ1n) is 14.1. The van der Waals surface area contributed by atoms with Gasteiger partial charge in [0.05, 0.1) is 6.33 Å². The number of hydrogen-bond donors (Lipinski definition) is 8. The van der Waals surface area contributed by atoms with E-state index in [2.05, 4.69) is 53.2 Å². The van der Waals surface area contributed by atoms with Crippen molar-refractivity contribution in [2.45, 2.75) is 80.9 Å². The second-order valence-electron chi connectivity index (χ2n) is 11.9. The number of nitrogens with two attached hydrogens (primary N) is 2. The maximum absolute atomic E-state index is 11.0. The quantitative estimate of drug-likeness (QED) is 0.0806. The van der Waals surface area contributed by atoms with E-state index in [1.807, 2.05) is 19.6 Å². The summed E-state index contributed by atoms with van der Waals surface area (Å²) in [5.74, 6) is 7.90. The molecule has 4 aromatic heterocycles. The van der Waals surface area contributed by atoms with Gasteiger partial charge in [-0.3, -0.25) is 9.13 Å². The van der Waals surface area contributed by atoms with Crippen LogP contribution in [0.2, 0.25) is 19.6 Å². The van der Waals surface area contributed by atoms with Crippen molar-refractivity contribution in [1.82, 2.24) is 39.0 Å². The first kappa shape index (κ1) is 31.7. The Balaban J connectivity index is 1.31. The number of nitrogens with zero attached hydrogens (tertiary/aromatic N) is 8. The molecule has 242 valence electrons. The SMILES string of the molecule is C[Si](C)(C)C#C[C@@H](O)[C@H]1O[C@@H](n2c(C#C[C@@H](O)[C@H]3O[C@@H](n4cnc5c(N)ncnc54)[C@H](O)[C@@H]3O)nc3c(N)ncnc32)[C@H](O)[C@@H]1O. The van der Waals surface area contributed by atoms with Crippen LogP contribution in [0, 0.1) is 23.3 Å². The third-order valence-corrected chi connectivity index (χ3v) is 8.42. The summed E-state index contributed by atoms with van der Waals surface area (Å²) in [4.78, 5) is 24.6. The summed E-state index contributed by atoms with van der Waals surface area (Å²) in [5, 5.41) is 65.0. The maximum Gasteiger partial charge on any atom is 0.190 e. The number of fused-ring (bicyclic) bond motifs is 2. The maximum atomic E-state index is 11.0. The zero-order valence-corrected chi connectivity index (χ0v) is 25.7. The Labute approximate surface area is 261 Å². The van der Waals surface area contributed by atoms with Crippen molar-refractivity contribution in [3.05, 3.63) is 24.8 Å². The van der Waals surface area contributed by atoms with Gasteiger partial charge in [0.15, 0.2) is 46.7 Å². The molecular weight excluding hydrogens is 620 g/mol. The molecule has 2 aliphatic heterocycles. The first-order chi connectivity index (χ1) is 21.8. The molecular formula is C27H32N10O8Si. The Morgan fingerprint density at radius 1 is 0.761 bits per heavy atom. The Hall–Kier alpha value is -4.28. The molecule has 0 bridgehead atoms. The highest BCUT2D eigenvalue weighted by Crippen LogP contribution is 2.36. The second-order valence-corrected chi connectivity index (χ2v) is 16.7. The predicted molar refractivity (Wildman–Crippen MR) is 161 cm³/mol. The highest BCUT2D eigenvalue weighted by Gasteiger charge is 2.49. The lowest BCUT2D eigenvalue weighted by molar-refractivity contribution is -0.0680. The zero-order chi connectivity index (χ0) is 33.1. The molecule has 18 nitrogen and oxygen atoms in total. The van der Waals surface area contributed by atoms with Crippen LogP contribution in [0.1, 0.15) is 18.3 Å². The summed E-state index contributed by atoms with van der Waals surface area (Å²) in [6.07, 6.45) is -10.9. The van der Waals surface area contributed by atoms with Gasteiger partial charge in [-0.15, -0.1) is 5.54 Å². The molecule has 6 heterocycles. The number of hydrogen-bond acceptors (Lipinski definition) is 16. The van der Waals surface area contributed by atoms with Gasteiger partial charge >= 0.3 is 0 Å². The summed E-state index contributed by atoms with van der Waals surface area (Å²) < 4.78 is 14.3. The minimum atomic E-state index is -1.88. The van der Waals surface area contributed by atoms with Gasteiger partial charge in [0.1, 0.15) is 75.1 Å². The van der Waals surface area contributed by atoms with E-state index >= 15 is 0 Å². The van der Waals surface area contributed by atoms with Crippen LogP contribution in [0.5, 0.6) is 0 Å². The molecule has 2 fully saturated rings. The van der Waals surface area contributed by atoms with Crippen LogP contribution in [0.4, 0.5) is 11.6 Å². The first-order valence-corrected chi connectivity index (χ1v) is 17.6. The fourth-order valence-electron chi connectivity index (χ4n) is 5.24. The summed E-state index contributed by atoms with van der Waals surface area (Å²) in [6, 6.07) is 0. The minimum absolute atomic E-state index is 0.0181. The standard InChI is InChI=1S/C27H32N10O8Si/c1-46(2,3)7-6-12(39)21-17(41)19(43)27(45-21)37-13(35-15-23(29)31-9-33-25(15)37)5-4-11(38)20-16(40)18(42)26(44-20)36-10-34-14-22(28)30-8-32-24(14)36/h8-12,16-21,26-27,38-43H,1-3H3,(H2,28,30,32)(H2,29,31,33)/t11-,12-,16+,17+,18-,19-,20-,21-,26-,27-/m1/s1. The normalized spacial score (nSPS) is 29.3. The lowest BCUT2D eigenvalue weighted by atomic mass is 10.1. The second kappa shape index (κ2) is 11.8. The Kier molecular flexibility index (Phi) is 8.14. The number of imidazole rings is 2. The van der Waals surface area contributed by atoms with E-state index in [0.29, 0.717) is 0 Å². The van der Waals surface area contributed by atoms with Crippen molar-refractivity contribution >= 4 is 42.0 Å². The summed E-state index contributed by atoms with van der Waals surface area (Å²) in [6.45, 7) is 5.95. The molecule has 10 atom stereocenters. The molecule has 0 aromatic carbocycles. The molecule has 6 rings (SSSR count). The number of anilines is 2. The van der Waals surface area contributed by atoms with E-state index in [9.17, 15) is 30.6 Å². The van der Waals surface area contributed by atoms with E-state index < -0.39 is 69.4 Å². The van der Waals surface area contributed by atoms with Crippen LogP contribution >= 0.6 is 0 Å². The molecule has 2 saturated heterocycles. The van der Waals surface area contributed by atoms with Crippen LogP contribution in [-0.2, 0) is 9.47 Å². The lowest BCUT2D eigenvalue weighted by Crippen LogP contribution is -2.38. The van der Waals surface area contributed by atoms with E-state index in [1.54, 1.807) is 0 Å². The molecule has 4 aromatic rings. The van der Waals surface area contributed by atoms with E-state index in [4.69, 9.17) is 20.9 Å². The van der Waals surface area contributed by atoms with Crippen LogP contribution in [-0.4, -0.2) is 127 Å². The van der Waals surface area contributed by atoms with E-state index in [1.165, 1.54) is 21.8 Å². The number of rotatable bonds is 4. The van der Waals surface area contributed by atoms with Gasteiger partial charge in [0, 0.05) is 0 Å². The average Bonchev–Trinajstić information content (AvgIpc) is 3.75. The Bertz CT molecular complexity index is 1910. The Morgan fingerprint density at radius 3 is 1.98 bits per heavy atom. The molecule has 10 N–H and O–H groups in total. The number of aliphatic hydroxyl groups excluding tert-OH is 6. The van der Waals surface area contributed by atoms with Gasteiger partial charge in [-0.05, 0) is 5.92 Å². The monoisotopic (exact) mass is 652 g/mol. The van der Waals surface area contributed by atoms with Gasteiger partial charge in [0.25, 0.3) is 0 Å². The van der Waals surface area contributed by atoms with Crippen molar-refractivity contribution in [2.75, 3.05) is 11.5 Å². The predicted octanol–water partition coefficient (Wildman–Crippen LogP) is -2.98. The summed E-state index contributed by atoms with van der Waals surface area (Å²) >= 11 is 0. The fourth-order valence-corrected chi connectivity index (χ4v) is 5.82. The smallest absolute Gasteiger partial charge is 0.190 e. The number of aromatic nitrogens is 8. The van der Waals surface area contributed by atoms with Crippen molar-refractivity contribution < 1.29 is 40.1 Å². The van der Waals surface area contributed by atoms with Crippen molar-refractivity contribution in [2.24, 2.45) is 0 Å². The van der Waals surface area contributed by atoms with Crippen LogP contribution in [0.3, 0.4) is 0 Å². The van der Waals surface area contributed by atoms with Crippen LogP contribution in [0.25, 0.3) is 22.3 Å². The van der Waals surface area contributed by atoms with Crippen LogP contribution in [0.15, 0.2) is 19.0 Å². The average molecular weight is 653 g/mol. The summed E-state index contributed by atoms with van der Waals surface area (Å²) in [7, 11) is -1.88. The highest BCUT2D eigenvalue weighted by atomic mass is 28.3. The molecule has 0 aliphatic carbocycles. The molecule has 0 unspecified atom stereocenters. The van der Waals surface area contributed by atoms with Crippen molar-refractivity contribution in [3.63, 3.8) is 0 Å². The van der Waals surface area contributed by atoms with Gasteiger partial charge < -0.3 is 51.6 Å².